The molecule has 0 aliphatic carbocycles. The lowest BCUT2D eigenvalue weighted by atomic mass is 10.0. The Bertz CT molecular complexity index is 705. The summed E-state index contributed by atoms with van der Waals surface area (Å²) in [5, 5.41) is 0.230. The van der Waals surface area contributed by atoms with Gasteiger partial charge in [0.25, 0.3) is 0 Å². The van der Waals surface area contributed by atoms with Crippen molar-refractivity contribution in [2.45, 2.75) is 23.1 Å². The lowest BCUT2D eigenvalue weighted by molar-refractivity contribution is -0.118. The number of fused-ring (bicyclic) bond motifs is 1. The van der Waals surface area contributed by atoms with E-state index in [2.05, 4.69) is 12.1 Å². The molecule has 0 aromatic heterocycles. The summed E-state index contributed by atoms with van der Waals surface area (Å²) in [6.45, 7) is 1.31. The van der Waals surface area contributed by atoms with Gasteiger partial charge >= 0.3 is 0 Å². The van der Waals surface area contributed by atoms with Gasteiger partial charge in [0.2, 0.25) is 6.41 Å². The molecule has 4 nitrogen and oxygen atoms in total. The molecule has 1 atom stereocenters. The number of hydrogen-bond donors (Lipinski definition) is 0. The Balaban J connectivity index is 2.04. The lowest BCUT2D eigenvalue weighted by Gasteiger charge is -2.20. The van der Waals surface area contributed by atoms with Gasteiger partial charge in [-0.15, -0.1) is 11.8 Å². The zero-order valence-electron chi connectivity index (χ0n) is 13.9. The van der Waals surface area contributed by atoms with Crippen LogP contribution in [0.15, 0.2) is 47.4 Å². The minimum atomic E-state index is 0.230. The number of amides is 1. The Hall–Kier alpha value is -2.14. The molecule has 0 spiro atoms. The highest BCUT2D eigenvalue weighted by atomic mass is 32.2. The summed E-state index contributed by atoms with van der Waals surface area (Å²) < 4.78 is 11.0. The van der Waals surface area contributed by atoms with E-state index >= 15 is 0 Å². The molecule has 1 amide bonds. The van der Waals surface area contributed by atoms with Gasteiger partial charge < -0.3 is 14.4 Å². The maximum atomic E-state index is 11.4. The number of methoxy groups -OCH3 is 2. The highest BCUT2D eigenvalue weighted by molar-refractivity contribution is 7.99. The van der Waals surface area contributed by atoms with Crippen molar-refractivity contribution >= 4 is 18.2 Å². The van der Waals surface area contributed by atoms with Gasteiger partial charge in [-0.1, -0.05) is 18.2 Å². The van der Waals surface area contributed by atoms with Crippen LogP contribution in [0.1, 0.15) is 22.8 Å². The van der Waals surface area contributed by atoms with E-state index < -0.39 is 0 Å². The molecule has 126 valence electrons. The molecule has 0 bridgehead atoms. The van der Waals surface area contributed by atoms with Crippen LogP contribution in [0, 0.1) is 0 Å². The third-order valence-electron chi connectivity index (χ3n) is 4.20. The van der Waals surface area contributed by atoms with Crippen molar-refractivity contribution in [3.63, 3.8) is 0 Å². The Labute approximate surface area is 146 Å². The van der Waals surface area contributed by atoms with Crippen LogP contribution in [-0.2, 0) is 11.3 Å². The van der Waals surface area contributed by atoms with Crippen LogP contribution >= 0.6 is 11.8 Å². The summed E-state index contributed by atoms with van der Waals surface area (Å²) in [4.78, 5) is 14.4. The van der Waals surface area contributed by atoms with E-state index in [-0.39, 0.29) is 5.25 Å². The first-order valence-corrected chi connectivity index (χ1v) is 8.79. The molecule has 1 heterocycles. The zero-order valence-corrected chi connectivity index (χ0v) is 14.7. The third kappa shape index (κ3) is 3.51. The van der Waals surface area contributed by atoms with E-state index in [1.807, 2.05) is 47.0 Å². The molecule has 1 aliphatic rings. The monoisotopic (exact) mass is 343 g/mol. The average molecular weight is 343 g/mol. The highest BCUT2D eigenvalue weighted by Gasteiger charge is 2.27. The molecule has 0 N–H and O–H groups in total. The summed E-state index contributed by atoms with van der Waals surface area (Å²) >= 11 is 1.81. The summed E-state index contributed by atoms with van der Waals surface area (Å²) in [5.74, 6) is 1.58. The van der Waals surface area contributed by atoms with Gasteiger partial charge in [-0.2, -0.15) is 0 Å². The molecule has 2 aromatic carbocycles. The van der Waals surface area contributed by atoms with Crippen LogP contribution in [0.2, 0.25) is 0 Å². The van der Waals surface area contributed by atoms with Crippen molar-refractivity contribution in [3.8, 4) is 11.5 Å². The second-order valence-electron chi connectivity index (χ2n) is 5.69. The molecule has 0 saturated carbocycles. The van der Waals surface area contributed by atoms with Crippen molar-refractivity contribution in [1.82, 2.24) is 4.90 Å². The lowest BCUT2D eigenvalue weighted by Crippen LogP contribution is -2.21. The summed E-state index contributed by atoms with van der Waals surface area (Å²) in [5.41, 5.74) is 2.25. The van der Waals surface area contributed by atoms with Crippen LogP contribution < -0.4 is 9.47 Å². The number of nitrogens with zero attached hydrogens (tertiary/aromatic N) is 1. The van der Waals surface area contributed by atoms with Crippen LogP contribution in [-0.4, -0.2) is 32.1 Å². The molecule has 1 unspecified atom stereocenters. The minimum absolute atomic E-state index is 0.230. The summed E-state index contributed by atoms with van der Waals surface area (Å²) in [6.07, 6.45) is 1.80. The van der Waals surface area contributed by atoms with E-state index in [1.54, 1.807) is 14.2 Å². The van der Waals surface area contributed by atoms with Crippen LogP contribution in [0.3, 0.4) is 0 Å². The number of carbonyl (C=O) groups excluding carboxylic acids is 1. The molecule has 3 rings (SSSR count). The van der Waals surface area contributed by atoms with Gasteiger partial charge in [-0.05, 0) is 30.2 Å². The molecular formula is C19H21NO3S. The maximum Gasteiger partial charge on any atom is 0.210 e. The first-order chi connectivity index (χ1) is 11.7. The van der Waals surface area contributed by atoms with Crippen LogP contribution in [0.25, 0.3) is 0 Å². The number of ether oxygens (including phenoxy) is 2. The fraction of sp³-hybridized carbons (Fsp3) is 0.316. The Morgan fingerprint density at radius 1 is 1.17 bits per heavy atom. The third-order valence-corrected chi connectivity index (χ3v) is 5.50. The number of hydrogen-bond acceptors (Lipinski definition) is 4. The average Bonchev–Trinajstić information content (AvgIpc) is 2.81. The number of carbonyl (C=O) groups is 1. The Morgan fingerprint density at radius 3 is 2.62 bits per heavy atom. The second kappa shape index (κ2) is 7.62. The SMILES string of the molecule is COc1cc2c(c(OC)c1)C(Sc1ccccc1)CCN(C=O)C2. The van der Waals surface area contributed by atoms with Crippen molar-refractivity contribution < 1.29 is 14.3 Å². The molecule has 0 saturated heterocycles. The topological polar surface area (TPSA) is 38.8 Å². The normalized spacial score (nSPS) is 16.9. The van der Waals surface area contributed by atoms with E-state index in [9.17, 15) is 4.79 Å². The van der Waals surface area contributed by atoms with E-state index in [0.29, 0.717) is 6.54 Å². The molecule has 0 radical (unpaired) electrons. The van der Waals surface area contributed by atoms with Crippen LogP contribution in [0.4, 0.5) is 0 Å². The van der Waals surface area contributed by atoms with Gasteiger partial charge in [0.1, 0.15) is 11.5 Å². The number of rotatable bonds is 5. The fourth-order valence-electron chi connectivity index (χ4n) is 3.04. The molecular weight excluding hydrogens is 322 g/mol. The second-order valence-corrected chi connectivity index (χ2v) is 6.96. The quantitative estimate of drug-likeness (QED) is 0.772. The smallest absolute Gasteiger partial charge is 0.210 e. The Kier molecular flexibility index (Phi) is 5.30. The van der Waals surface area contributed by atoms with Crippen LogP contribution in [0.5, 0.6) is 11.5 Å². The number of thioether (sulfide) groups is 1. The molecule has 1 aliphatic heterocycles. The van der Waals surface area contributed by atoms with Gasteiger partial charge in [0.15, 0.2) is 0 Å². The predicted molar refractivity (Wildman–Crippen MR) is 95.7 cm³/mol. The standard InChI is InChI=1S/C19H21NO3S/c1-22-15-10-14-12-20(13-21)9-8-18(19(14)17(11-15)23-2)24-16-6-4-3-5-7-16/h3-7,10-11,13,18H,8-9,12H2,1-2H3. The molecule has 5 heteroatoms. The van der Waals surface area contributed by atoms with Gasteiger partial charge in [-0.3, -0.25) is 4.79 Å². The summed E-state index contributed by atoms with van der Waals surface area (Å²) in [6, 6.07) is 14.3. The summed E-state index contributed by atoms with van der Waals surface area (Å²) in [7, 11) is 3.33. The highest BCUT2D eigenvalue weighted by Crippen LogP contribution is 2.46. The van der Waals surface area contributed by atoms with E-state index in [1.165, 1.54) is 4.90 Å². The van der Waals surface area contributed by atoms with Crippen molar-refractivity contribution in [2.24, 2.45) is 0 Å². The largest absolute Gasteiger partial charge is 0.497 e. The molecule has 24 heavy (non-hydrogen) atoms. The Morgan fingerprint density at radius 2 is 1.96 bits per heavy atom. The maximum absolute atomic E-state index is 11.4. The molecule has 2 aromatic rings. The van der Waals surface area contributed by atoms with E-state index in [0.717, 1.165) is 42.0 Å². The fourth-order valence-corrected chi connectivity index (χ4v) is 4.29. The van der Waals surface area contributed by atoms with Crippen molar-refractivity contribution in [3.05, 3.63) is 53.6 Å². The number of benzene rings is 2. The first kappa shape index (κ1) is 16.7. The first-order valence-electron chi connectivity index (χ1n) is 7.91. The zero-order chi connectivity index (χ0) is 16.9. The van der Waals surface area contributed by atoms with Crippen molar-refractivity contribution in [1.29, 1.82) is 0 Å². The minimum Gasteiger partial charge on any atom is -0.497 e. The van der Waals surface area contributed by atoms with Gasteiger partial charge in [0, 0.05) is 34.9 Å². The molecule has 0 fully saturated rings. The van der Waals surface area contributed by atoms with Gasteiger partial charge in [-0.25, -0.2) is 0 Å². The predicted octanol–water partition coefficient (Wildman–Crippen LogP) is 3.90. The van der Waals surface area contributed by atoms with Gasteiger partial charge in [0.05, 0.1) is 14.2 Å². The van der Waals surface area contributed by atoms with E-state index in [4.69, 9.17) is 9.47 Å². The van der Waals surface area contributed by atoms with Crippen molar-refractivity contribution in [2.75, 3.05) is 20.8 Å².